The number of benzene rings is 2. The first-order valence-corrected chi connectivity index (χ1v) is 10.8. The summed E-state index contributed by atoms with van der Waals surface area (Å²) in [7, 11) is 0. The van der Waals surface area contributed by atoms with E-state index in [-0.39, 0.29) is 5.91 Å². The van der Waals surface area contributed by atoms with E-state index in [1.165, 1.54) is 4.90 Å². The van der Waals surface area contributed by atoms with Crippen LogP contribution >= 0.6 is 0 Å². The summed E-state index contributed by atoms with van der Waals surface area (Å²) in [5.41, 5.74) is 1.67. The number of carboxylic acids is 1. The van der Waals surface area contributed by atoms with Crippen LogP contribution in [0.4, 0.5) is 0 Å². The van der Waals surface area contributed by atoms with Crippen LogP contribution in [-0.4, -0.2) is 34.3 Å². The molecular formula is C25H28N2O4. The summed E-state index contributed by atoms with van der Waals surface area (Å²) in [6.45, 7) is 6.24. The standard InChI is InChI=1S/C25H28N2O4/c1-4-5-13-27-22(28)19-20(23(27)29)25(24(30)31,17-9-7-6-8-10-17)26-21(19)18-14-15(2)11-12-16(18)3/h6-12,14,19-21,26H,4-5,13H2,1-3H3,(H,30,31). The van der Waals surface area contributed by atoms with Gasteiger partial charge in [-0.25, -0.2) is 4.79 Å². The molecule has 2 aliphatic rings. The molecule has 4 rings (SSSR count). The van der Waals surface area contributed by atoms with Crippen LogP contribution in [0, 0.1) is 25.7 Å². The van der Waals surface area contributed by atoms with Crippen LogP contribution in [-0.2, 0) is 19.9 Å². The number of aliphatic carboxylic acids is 1. The van der Waals surface area contributed by atoms with E-state index in [0.29, 0.717) is 18.5 Å². The molecule has 2 aliphatic heterocycles. The van der Waals surface area contributed by atoms with E-state index in [1.807, 2.05) is 45.0 Å². The first-order chi connectivity index (χ1) is 14.8. The maximum Gasteiger partial charge on any atom is 0.329 e. The van der Waals surface area contributed by atoms with Gasteiger partial charge in [0.15, 0.2) is 5.54 Å². The zero-order valence-corrected chi connectivity index (χ0v) is 18.1. The number of carbonyl (C=O) groups excluding carboxylic acids is 2. The average Bonchev–Trinajstić information content (AvgIpc) is 3.24. The van der Waals surface area contributed by atoms with Gasteiger partial charge in [-0.05, 0) is 37.0 Å². The smallest absolute Gasteiger partial charge is 0.329 e. The number of amides is 2. The molecule has 0 bridgehead atoms. The Morgan fingerprint density at radius 1 is 1.10 bits per heavy atom. The molecule has 2 aromatic rings. The average molecular weight is 421 g/mol. The largest absolute Gasteiger partial charge is 0.480 e. The lowest BCUT2D eigenvalue weighted by molar-refractivity contribution is -0.152. The SMILES string of the molecule is CCCCN1C(=O)C2C(c3cc(C)ccc3C)NC(C(=O)O)(c3ccccc3)C2C1=O. The van der Waals surface area contributed by atoms with Crippen molar-refractivity contribution in [2.24, 2.45) is 11.8 Å². The van der Waals surface area contributed by atoms with Crippen molar-refractivity contribution in [3.8, 4) is 0 Å². The topological polar surface area (TPSA) is 86.7 Å². The zero-order valence-electron chi connectivity index (χ0n) is 18.1. The number of nitrogens with one attached hydrogen (secondary N) is 1. The Kier molecular flexibility index (Phi) is 5.43. The van der Waals surface area contributed by atoms with Crippen molar-refractivity contribution in [3.05, 3.63) is 70.8 Å². The number of imide groups is 1. The lowest BCUT2D eigenvalue weighted by atomic mass is 9.75. The van der Waals surface area contributed by atoms with E-state index in [2.05, 4.69) is 5.32 Å². The van der Waals surface area contributed by atoms with Gasteiger partial charge in [-0.2, -0.15) is 0 Å². The van der Waals surface area contributed by atoms with Crippen LogP contribution in [0.2, 0.25) is 0 Å². The second-order valence-corrected chi connectivity index (χ2v) is 8.65. The minimum Gasteiger partial charge on any atom is -0.480 e. The maximum absolute atomic E-state index is 13.5. The van der Waals surface area contributed by atoms with Crippen molar-refractivity contribution < 1.29 is 19.5 Å². The van der Waals surface area contributed by atoms with E-state index in [9.17, 15) is 19.5 Å². The van der Waals surface area contributed by atoms with Crippen molar-refractivity contribution in [1.29, 1.82) is 0 Å². The van der Waals surface area contributed by atoms with Crippen molar-refractivity contribution in [1.82, 2.24) is 10.2 Å². The molecule has 4 atom stereocenters. The number of carboxylic acid groups (broad SMARTS) is 1. The molecule has 0 saturated carbocycles. The highest BCUT2D eigenvalue weighted by Gasteiger charge is 2.69. The summed E-state index contributed by atoms with van der Waals surface area (Å²) in [4.78, 5) is 41.1. The Hall–Kier alpha value is -2.99. The lowest BCUT2D eigenvalue weighted by Crippen LogP contribution is -2.53. The second-order valence-electron chi connectivity index (χ2n) is 8.65. The van der Waals surface area contributed by atoms with Crippen molar-refractivity contribution in [2.45, 2.75) is 45.2 Å². The summed E-state index contributed by atoms with van der Waals surface area (Å²) in [6.07, 6.45) is 1.54. The number of unbranched alkanes of at least 4 members (excludes halogenated alkanes) is 1. The van der Waals surface area contributed by atoms with Crippen LogP contribution in [0.1, 0.15) is 48.1 Å². The molecule has 2 N–H and O–H groups in total. The van der Waals surface area contributed by atoms with Crippen LogP contribution in [0.25, 0.3) is 0 Å². The molecule has 2 amide bonds. The van der Waals surface area contributed by atoms with E-state index >= 15 is 0 Å². The monoisotopic (exact) mass is 420 g/mol. The predicted octanol–water partition coefficient (Wildman–Crippen LogP) is 3.33. The highest BCUT2D eigenvalue weighted by molar-refractivity contribution is 6.09. The highest BCUT2D eigenvalue weighted by atomic mass is 16.4. The highest BCUT2D eigenvalue weighted by Crippen LogP contribution is 2.53. The number of nitrogens with zero attached hydrogens (tertiary/aromatic N) is 1. The summed E-state index contributed by atoms with van der Waals surface area (Å²) >= 11 is 0. The van der Waals surface area contributed by atoms with Crippen LogP contribution < -0.4 is 5.32 Å². The molecule has 0 aromatic heterocycles. The molecule has 4 unspecified atom stereocenters. The molecule has 2 saturated heterocycles. The summed E-state index contributed by atoms with van der Waals surface area (Å²) < 4.78 is 0. The van der Waals surface area contributed by atoms with Gasteiger partial charge in [0.05, 0.1) is 11.8 Å². The second kappa shape index (κ2) is 7.93. The molecule has 6 nitrogen and oxygen atoms in total. The molecule has 0 aliphatic carbocycles. The number of carbonyl (C=O) groups is 3. The van der Waals surface area contributed by atoms with E-state index < -0.39 is 35.3 Å². The van der Waals surface area contributed by atoms with Gasteiger partial charge in [0.1, 0.15) is 0 Å². The molecule has 0 radical (unpaired) electrons. The van der Waals surface area contributed by atoms with Gasteiger partial charge in [-0.15, -0.1) is 0 Å². The van der Waals surface area contributed by atoms with Crippen LogP contribution in [0.3, 0.4) is 0 Å². The Labute approximate surface area is 182 Å². The summed E-state index contributed by atoms with van der Waals surface area (Å²) in [5.74, 6) is -3.57. The van der Waals surface area contributed by atoms with Crippen molar-refractivity contribution >= 4 is 17.8 Å². The van der Waals surface area contributed by atoms with Gasteiger partial charge < -0.3 is 5.11 Å². The van der Waals surface area contributed by atoms with Gasteiger partial charge in [0.2, 0.25) is 11.8 Å². The number of likely N-dealkylation sites (tertiary alicyclic amines) is 1. The predicted molar refractivity (Wildman–Crippen MR) is 116 cm³/mol. The van der Waals surface area contributed by atoms with Crippen LogP contribution in [0.5, 0.6) is 0 Å². The van der Waals surface area contributed by atoms with E-state index in [4.69, 9.17) is 0 Å². The zero-order chi connectivity index (χ0) is 22.3. The van der Waals surface area contributed by atoms with Gasteiger partial charge >= 0.3 is 5.97 Å². The van der Waals surface area contributed by atoms with E-state index in [1.54, 1.807) is 24.3 Å². The van der Waals surface area contributed by atoms with E-state index in [0.717, 1.165) is 23.1 Å². The minimum absolute atomic E-state index is 0.277. The Balaban J connectivity index is 1.92. The normalized spacial score (nSPS) is 27.6. The number of hydrogen-bond acceptors (Lipinski definition) is 4. The van der Waals surface area contributed by atoms with Crippen molar-refractivity contribution in [3.63, 3.8) is 0 Å². The molecule has 6 heteroatoms. The number of rotatable bonds is 6. The first-order valence-electron chi connectivity index (χ1n) is 10.8. The Bertz CT molecular complexity index is 1040. The summed E-state index contributed by atoms with van der Waals surface area (Å²) in [5, 5.41) is 13.8. The van der Waals surface area contributed by atoms with Gasteiger partial charge in [-0.3, -0.25) is 19.8 Å². The fourth-order valence-electron chi connectivity index (χ4n) is 5.15. The molecule has 0 spiro atoms. The van der Waals surface area contributed by atoms with Crippen molar-refractivity contribution in [2.75, 3.05) is 6.54 Å². The fourth-order valence-corrected chi connectivity index (χ4v) is 5.15. The minimum atomic E-state index is -1.67. The fraction of sp³-hybridized carbons (Fsp3) is 0.400. The Morgan fingerprint density at radius 2 is 1.81 bits per heavy atom. The maximum atomic E-state index is 13.5. The molecule has 2 heterocycles. The van der Waals surface area contributed by atoms with Gasteiger partial charge in [0, 0.05) is 12.6 Å². The third kappa shape index (κ3) is 3.17. The van der Waals surface area contributed by atoms with Gasteiger partial charge in [-0.1, -0.05) is 67.4 Å². The number of fused-ring (bicyclic) bond motifs is 1. The number of hydrogen-bond donors (Lipinski definition) is 2. The Morgan fingerprint density at radius 3 is 2.45 bits per heavy atom. The lowest BCUT2D eigenvalue weighted by Gasteiger charge is -2.32. The molecule has 162 valence electrons. The number of aryl methyl sites for hydroxylation is 2. The quantitative estimate of drug-likeness (QED) is 0.700. The molecule has 2 fully saturated rings. The first kappa shape index (κ1) is 21.2. The van der Waals surface area contributed by atoms with Gasteiger partial charge in [0.25, 0.3) is 0 Å². The summed E-state index contributed by atoms with van der Waals surface area (Å²) in [6, 6.07) is 14.2. The molecule has 31 heavy (non-hydrogen) atoms. The molecular weight excluding hydrogens is 392 g/mol. The molecule has 2 aromatic carbocycles. The third-order valence-electron chi connectivity index (χ3n) is 6.72. The third-order valence-corrected chi connectivity index (χ3v) is 6.72. The van der Waals surface area contributed by atoms with Crippen LogP contribution in [0.15, 0.2) is 48.5 Å².